The third-order valence-electron chi connectivity index (χ3n) is 4.62. The zero-order valence-electron chi connectivity index (χ0n) is 13.9. The van der Waals surface area contributed by atoms with Crippen LogP contribution in [0.15, 0.2) is 24.3 Å². The maximum absolute atomic E-state index is 12.2. The van der Waals surface area contributed by atoms with E-state index in [9.17, 15) is 4.79 Å². The SMILES string of the molecule is Cc1ccc(NC(=O)NCc2c3c(cc4c2OCC4)OCC3)cc1Cl. The summed E-state index contributed by atoms with van der Waals surface area (Å²) in [5, 5.41) is 6.35. The van der Waals surface area contributed by atoms with Gasteiger partial charge >= 0.3 is 6.03 Å². The largest absolute Gasteiger partial charge is 0.493 e. The van der Waals surface area contributed by atoms with E-state index in [-0.39, 0.29) is 6.03 Å². The molecule has 0 saturated carbocycles. The summed E-state index contributed by atoms with van der Waals surface area (Å²) in [6, 6.07) is 7.24. The summed E-state index contributed by atoms with van der Waals surface area (Å²) < 4.78 is 11.5. The molecule has 130 valence electrons. The van der Waals surface area contributed by atoms with Crippen LogP contribution in [-0.4, -0.2) is 19.2 Å². The predicted octanol–water partition coefficient (Wildman–Crippen LogP) is 3.84. The van der Waals surface area contributed by atoms with E-state index in [1.807, 2.05) is 19.1 Å². The minimum atomic E-state index is -0.275. The van der Waals surface area contributed by atoms with Crippen LogP contribution in [0.25, 0.3) is 0 Å². The van der Waals surface area contributed by atoms with Crippen LogP contribution in [0.2, 0.25) is 5.02 Å². The number of urea groups is 1. The molecular weight excluding hydrogens is 340 g/mol. The molecular formula is C19H19ClN2O3. The van der Waals surface area contributed by atoms with Gasteiger partial charge in [0, 0.05) is 46.8 Å². The topological polar surface area (TPSA) is 59.6 Å². The number of fused-ring (bicyclic) bond motifs is 2. The molecule has 0 spiro atoms. The van der Waals surface area contributed by atoms with Gasteiger partial charge in [-0.05, 0) is 30.7 Å². The highest BCUT2D eigenvalue weighted by Crippen LogP contribution is 2.40. The van der Waals surface area contributed by atoms with Crippen molar-refractivity contribution in [1.29, 1.82) is 0 Å². The van der Waals surface area contributed by atoms with Crippen LogP contribution in [0.5, 0.6) is 11.5 Å². The Morgan fingerprint density at radius 1 is 1.20 bits per heavy atom. The molecule has 2 heterocycles. The fourth-order valence-corrected chi connectivity index (χ4v) is 3.47. The molecule has 5 nitrogen and oxygen atoms in total. The lowest BCUT2D eigenvalue weighted by Crippen LogP contribution is -2.28. The number of nitrogens with one attached hydrogen (secondary N) is 2. The number of rotatable bonds is 3. The van der Waals surface area contributed by atoms with Gasteiger partial charge in [0.1, 0.15) is 11.5 Å². The fourth-order valence-electron chi connectivity index (χ4n) is 3.29. The van der Waals surface area contributed by atoms with E-state index < -0.39 is 0 Å². The van der Waals surface area contributed by atoms with Gasteiger partial charge in [-0.1, -0.05) is 17.7 Å². The van der Waals surface area contributed by atoms with E-state index in [1.165, 1.54) is 0 Å². The second-order valence-corrected chi connectivity index (χ2v) is 6.70. The monoisotopic (exact) mass is 358 g/mol. The summed E-state index contributed by atoms with van der Waals surface area (Å²) in [6.07, 6.45) is 1.73. The molecule has 0 aliphatic carbocycles. The van der Waals surface area contributed by atoms with Gasteiger partial charge in [0.2, 0.25) is 0 Å². The van der Waals surface area contributed by atoms with Crippen molar-refractivity contribution >= 4 is 23.3 Å². The van der Waals surface area contributed by atoms with Crippen LogP contribution < -0.4 is 20.1 Å². The third-order valence-corrected chi connectivity index (χ3v) is 5.02. The summed E-state index contributed by atoms with van der Waals surface area (Å²) in [5.41, 5.74) is 4.96. The molecule has 0 radical (unpaired) electrons. The molecule has 2 aromatic rings. The van der Waals surface area contributed by atoms with E-state index in [4.69, 9.17) is 21.1 Å². The van der Waals surface area contributed by atoms with Gasteiger partial charge in [-0.25, -0.2) is 4.79 Å². The van der Waals surface area contributed by atoms with Gasteiger partial charge in [0.25, 0.3) is 0 Å². The second-order valence-electron chi connectivity index (χ2n) is 6.29. The number of hydrogen-bond donors (Lipinski definition) is 2. The first-order valence-corrected chi connectivity index (χ1v) is 8.74. The molecule has 0 fully saturated rings. The summed E-state index contributed by atoms with van der Waals surface area (Å²) in [6.45, 7) is 3.68. The molecule has 2 aliphatic rings. The van der Waals surface area contributed by atoms with Crippen molar-refractivity contribution in [1.82, 2.24) is 5.32 Å². The van der Waals surface area contributed by atoms with Crippen molar-refractivity contribution in [2.45, 2.75) is 26.3 Å². The van der Waals surface area contributed by atoms with E-state index in [1.54, 1.807) is 6.07 Å². The fraction of sp³-hybridized carbons (Fsp3) is 0.316. The number of hydrogen-bond acceptors (Lipinski definition) is 3. The summed E-state index contributed by atoms with van der Waals surface area (Å²) >= 11 is 6.10. The summed E-state index contributed by atoms with van der Waals surface area (Å²) in [7, 11) is 0. The number of halogens is 1. The molecule has 2 aliphatic heterocycles. The minimum Gasteiger partial charge on any atom is -0.493 e. The number of aryl methyl sites for hydroxylation is 1. The zero-order valence-corrected chi connectivity index (χ0v) is 14.7. The molecule has 4 rings (SSSR count). The first-order valence-electron chi connectivity index (χ1n) is 8.36. The van der Waals surface area contributed by atoms with Crippen molar-refractivity contribution in [2.24, 2.45) is 0 Å². The molecule has 2 amide bonds. The van der Waals surface area contributed by atoms with Crippen molar-refractivity contribution < 1.29 is 14.3 Å². The first kappa shape index (κ1) is 16.1. The normalized spacial score (nSPS) is 14.3. The van der Waals surface area contributed by atoms with Crippen LogP contribution in [0.1, 0.15) is 22.3 Å². The van der Waals surface area contributed by atoms with Gasteiger partial charge in [0.15, 0.2) is 0 Å². The Hall–Kier alpha value is -2.40. The smallest absolute Gasteiger partial charge is 0.319 e. The van der Waals surface area contributed by atoms with Crippen LogP contribution in [-0.2, 0) is 19.4 Å². The number of ether oxygens (including phenoxy) is 2. The Labute approximate surface area is 151 Å². The highest BCUT2D eigenvalue weighted by Gasteiger charge is 2.26. The number of carbonyl (C=O) groups excluding carboxylic acids is 1. The summed E-state index contributed by atoms with van der Waals surface area (Å²) in [5.74, 6) is 1.83. The van der Waals surface area contributed by atoms with E-state index in [2.05, 4.69) is 16.7 Å². The lowest BCUT2D eigenvalue weighted by Gasteiger charge is -2.14. The molecule has 0 unspecified atom stereocenters. The highest BCUT2D eigenvalue weighted by molar-refractivity contribution is 6.31. The highest BCUT2D eigenvalue weighted by atomic mass is 35.5. The average molecular weight is 359 g/mol. The third kappa shape index (κ3) is 3.12. The number of amides is 2. The maximum Gasteiger partial charge on any atom is 0.319 e. The maximum atomic E-state index is 12.2. The first-order chi connectivity index (χ1) is 12.1. The average Bonchev–Trinajstić information content (AvgIpc) is 3.23. The number of carbonyl (C=O) groups is 1. The molecule has 25 heavy (non-hydrogen) atoms. The van der Waals surface area contributed by atoms with Crippen molar-refractivity contribution in [3.63, 3.8) is 0 Å². The van der Waals surface area contributed by atoms with Crippen molar-refractivity contribution in [2.75, 3.05) is 18.5 Å². The van der Waals surface area contributed by atoms with E-state index in [0.29, 0.717) is 30.5 Å². The van der Waals surface area contributed by atoms with Gasteiger partial charge in [0.05, 0.1) is 13.2 Å². The van der Waals surface area contributed by atoms with Crippen LogP contribution >= 0.6 is 11.6 Å². The standard InChI is InChI=1S/C19H19ClN2O3/c1-11-2-3-13(9-16(11)20)22-19(23)21-10-15-14-5-7-24-17(14)8-12-4-6-25-18(12)15/h2-3,8-9H,4-7,10H2,1H3,(H2,21,22,23). The molecule has 0 saturated heterocycles. The second kappa shape index (κ2) is 6.48. The quantitative estimate of drug-likeness (QED) is 0.876. The van der Waals surface area contributed by atoms with Crippen molar-refractivity contribution in [3.05, 3.63) is 51.5 Å². The Morgan fingerprint density at radius 3 is 2.88 bits per heavy atom. The van der Waals surface area contributed by atoms with Gasteiger partial charge in [-0.3, -0.25) is 0 Å². The molecule has 6 heteroatoms. The van der Waals surface area contributed by atoms with Gasteiger partial charge in [-0.2, -0.15) is 0 Å². The van der Waals surface area contributed by atoms with Crippen LogP contribution in [0, 0.1) is 6.92 Å². The number of anilines is 1. The van der Waals surface area contributed by atoms with Crippen molar-refractivity contribution in [3.8, 4) is 11.5 Å². The molecule has 2 N–H and O–H groups in total. The van der Waals surface area contributed by atoms with Gasteiger partial charge in [-0.15, -0.1) is 0 Å². The lowest BCUT2D eigenvalue weighted by molar-refractivity contribution is 0.251. The molecule has 2 aromatic carbocycles. The van der Waals surface area contributed by atoms with Crippen LogP contribution in [0.4, 0.5) is 10.5 Å². The van der Waals surface area contributed by atoms with Crippen LogP contribution in [0.3, 0.4) is 0 Å². The Morgan fingerprint density at radius 2 is 2.04 bits per heavy atom. The Bertz CT molecular complexity index is 819. The summed E-state index contributed by atoms with van der Waals surface area (Å²) in [4.78, 5) is 12.2. The molecule has 0 atom stereocenters. The Kier molecular flexibility index (Phi) is 4.17. The molecule has 0 aromatic heterocycles. The minimum absolute atomic E-state index is 0.275. The lowest BCUT2D eigenvalue weighted by atomic mass is 9.99. The Balaban J connectivity index is 1.48. The van der Waals surface area contributed by atoms with E-state index >= 15 is 0 Å². The predicted molar refractivity (Wildman–Crippen MR) is 96.9 cm³/mol. The van der Waals surface area contributed by atoms with E-state index in [0.717, 1.165) is 46.6 Å². The number of benzene rings is 2. The van der Waals surface area contributed by atoms with Gasteiger partial charge < -0.3 is 20.1 Å². The zero-order chi connectivity index (χ0) is 17.4. The molecule has 0 bridgehead atoms.